The first kappa shape index (κ1) is 19.2. The van der Waals surface area contributed by atoms with Crippen molar-refractivity contribution in [2.45, 2.75) is 64.3 Å². The van der Waals surface area contributed by atoms with Gasteiger partial charge in [0.05, 0.1) is 10.7 Å². The number of aryl methyl sites for hydroxylation is 2. The molecule has 2 fully saturated rings. The summed E-state index contributed by atoms with van der Waals surface area (Å²) in [4.78, 5) is 3.80. The third kappa shape index (κ3) is 3.32. The standard InChI is InChI=1S/C26H33N2S/c1-5-27-24-8-6-7-9-25(24)29-26(27)16-21-12-17(2)28(18(3)13-21)19(4)23-15-20-10-11-22(23)14-20/h6-9,12-13,16,19-20,22-23H,5,10-11,14-15H2,1-4H3/q+1/t19-,20-,22-,23-/m0/s1. The fourth-order valence-electron chi connectivity index (χ4n) is 6.37. The number of para-hydroxylation sites is 1. The molecule has 2 aromatic rings. The summed E-state index contributed by atoms with van der Waals surface area (Å²) in [6, 6.07) is 14.1. The molecule has 5 rings (SSSR count). The summed E-state index contributed by atoms with van der Waals surface area (Å²) >= 11 is 1.89. The Bertz CT molecular complexity index is 940. The minimum absolute atomic E-state index is 0.615. The van der Waals surface area contributed by atoms with Gasteiger partial charge in [-0.1, -0.05) is 30.3 Å². The first-order valence-corrected chi connectivity index (χ1v) is 12.2. The maximum Gasteiger partial charge on any atom is 0.179 e. The number of benzene rings is 1. The van der Waals surface area contributed by atoms with Gasteiger partial charge in [0.25, 0.3) is 0 Å². The van der Waals surface area contributed by atoms with E-state index in [-0.39, 0.29) is 0 Å². The van der Waals surface area contributed by atoms with Crippen LogP contribution < -0.4 is 9.47 Å². The molecule has 0 saturated heterocycles. The Hall–Kier alpha value is -1.74. The highest BCUT2D eigenvalue weighted by molar-refractivity contribution is 8.03. The van der Waals surface area contributed by atoms with Gasteiger partial charge in [0.15, 0.2) is 17.4 Å². The summed E-state index contributed by atoms with van der Waals surface area (Å²) in [6.07, 6.45) is 8.26. The molecule has 2 bridgehead atoms. The van der Waals surface area contributed by atoms with Crippen LogP contribution in [0.2, 0.25) is 0 Å². The van der Waals surface area contributed by atoms with E-state index in [9.17, 15) is 0 Å². The Morgan fingerprint density at radius 1 is 1.14 bits per heavy atom. The quantitative estimate of drug-likeness (QED) is 0.535. The predicted molar refractivity (Wildman–Crippen MR) is 123 cm³/mol. The maximum absolute atomic E-state index is 2.61. The molecule has 0 spiro atoms. The largest absolute Gasteiger partial charge is 0.335 e. The second kappa shape index (κ2) is 7.50. The summed E-state index contributed by atoms with van der Waals surface area (Å²) in [5.74, 6) is 2.85. The molecule has 1 aliphatic heterocycles. The number of rotatable bonds is 4. The number of hydrogen-bond acceptors (Lipinski definition) is 2. The van der Waals surface area contributed by atoms with Gasteiger partial charge in [-0.2, -0.15) is 4.57 Å². The SMILES string of the molecule is CCN1C(=Cc2cc(C)[n+]([C@@H](C)[C@@H]3C[C@H]4CC[C@H]3C4)c(C)c2)Sc2ccccc21. The van der Waals surface area contributed by atoms with E-state index in [0.717, 1.165) is 24.3 Å². The lowest BCUT2D eigenvalue weighted by Gasteiger charge is -2.26. The number of fused-ring (bicyclic) bond motifs is 3. The number of thioether (sulfide) groups is 1. The van der Waals surface area contributed by atoms with Crippen molar-refractivity contribution in [1.82, 2.24) is 0 Å². The van der Waals surface area contributed by atoms with Gasteiger partial charge in [0, 0.05) is 43.3 Å². The van der Waals surface area contributed by atoms with Crippen LogP contribution in [0.15, 0.2) is 46.3 Å². The number of nitrogens with zero attached hydrogens (tertiary/aromatic N) is 2. The highest BCUT2D eigenvalue weighted by Crippen LogP contribution is 2.51. The summed E-state index contributed by atoms with van der Waals surface area (Å²) in [7, 11) is 0. The fraction of sp³-hybridized carbons (Fsp3) is 0.500. The second-order valence-electron chi connectivity index (χ2n) is 9.32. The molecule has 2 heterocycles. The van der Waals surface area contributed by atoms with Crippen molar-refractivity contribution in [2.75, 3.05) is 11.4 Å². The van der Waals surface area contributed by atoms with Crippen LogP contribution in [0.1, 0.15) is 62.5 Å². The zero-order valence-corrected chi connectivity index (χ0v) is 19.0. The molecule has 1 aromatic carbocycles. The lowest BCUT2D eigenvalue weighted by molar-refractivity contribution is -0.738. The van der Waals surface area contributed by atoms with E-state index in [1.807, 2.05) is 11.8 Å². The number of aromatic nitrogens is 1. The van der Waals surface area contributed by atoms with Gasteiger partial charge in [-0.05, 0) is 68.7 Å². The summed E-state index contributed by atoms with van der Waals surface area (Å²) < 4.78 is 2.61. The molecule has 2 saturated carbocycles. The normalized spacial score (nSPS) is 27.7. The Morgan fingerprint density at radius 3 is 2.55 bits per heavy atom. The molecule has 0 N–H and O–H groups in total. The van der Waals surface area contributed by atoms with Crippen molar-refractivity contribution < 1.29 is 4.57 Å². The Labute approximate surface area is 180 Å². The Kier molecular flexibility index (Phi) is 4.98. The summed E-state index contributed by atoms with van der Waals surface area (Å²) in [6.45, 7) is 10.3. The van der Waals surface area contributed by atoms with Crippen LogP contribution in [-0.2, 0) is 0 Å². The lowest BCUT2D eigenvalue weighted by Crippen LogP contribution is -2.48. The van der Waals surface area contributed by atoms with Crippen LogP contribution >= 0.6 is 11.8 Å². The summed E-state index contributed by atoms with van der Waals surface area (Å²) in [5, 5.41) is 1.34. The molecular weight excluding hydrogens is 372 g/mol. The molecule has 29 heavy (non-hydrogen) atoms. The molecule has 2 nitrogen and oxygen atoms in total. The average molecular weight is 406 g/mol. The molecule has 0 unspecified atom stereocenters. The van der Waals surface area contributed by atoms with Gasteiger partial charge in [0.2, 0.25) is 0 Å². The molecule has 3 aliphatic rings. The van der Waals surface area contributed by atoms with Gasteiger partial charge in [-0.15, -0.1) is 0 Å². The van der Waals surface area contributed by atoms with Crippen molar-refractivity contribution in [2.24, 2.45) is 17.8 Å². The number of pyridine rings is 1. The van der Waals surface area contributed by atoms with Gasteiger partial charge in [0.1, 0.15) is 0 Å². The van der Waals surface area contributed by atoms with Crippen molar-refractivity contribution in [3.05, 3.63) is 58.4 Å². The highest BCUT2D eigenvalue weighted by atomic mass is 32.2. The second-order valence-corrected chi connectivity index (χ2v) is 10.4. The molecule has 0 amide bonds. The van der Waals surface area contributed by atoms with Crippen LogP contribution in [0.3, 0.4) is 0 Å². The van der Waals surface area contributed by atoms with Gasteiger partial charge in [-0.25, -0.2) is 0 Å². The van der Waals surface area contributed by atoms with Crippen LogP contribution in [0, 0.1) is 31.6 Å². The van der Waals surface area contributed by atoms with E-state index < -0.39 is 0 Å². The smallest absolute Gasteiger partial charge is 0.179 e. The van der Waals surface area contributed by atoms with Crippen molar-refractivity contribution >= 4 is 23.5 Å². The highest BCUT2D eigenvalue weighted by Gasteiger charge is 2.45. The zero-order valence-electron chi connectivity index (χ0n) is 18.2. The number of anilines is 1. The molecular formula is C26H33N2S+. The zero-order chi connectivity index (χ0) is 20.1. The third-order valence-electron chi connectivity index (χ3n) is 7.57. The van der Waals surface area contributed by atoms with Crippen LogP contribution in [0.4, 0.5) is 5.69 Å². The Morgan fingerprint density at radius 2 is 1.90 bits per heavy atom. The van der Waals surface area contributed by atoms with Crippen molar-refractivity contribution in [3.63, 3.8) is 0 Å². The van der Waals surface area contributed by atoms with E-state index in [1.54, 1.807) is 0 Å². The molecule has 2 aliphatic carbocycles. The van der Waals surface area contributed by atoms with Gasteiger partial charge < -0.3 is 4.90 Å². The number of hydrogen-bond donors (Lipinski definition) is 0. The third-order valence-corrected chi connectivity index (χ3v) is 8.69. The minimum Gasteiger partial charge on any atom is -0.335 e. The first-order valence-electron chi connectivity index (χ1n) is 11.3. The van der Waals surface area contributed by atoms with E-state index >= 15 is 0 Å². The molecule has 4 atom stereocenters. The molecule has 152 valence electrons. The van der Waals surface area contributed by atoms with Crippen LogP contribution in [-0.4, -0.2) is 6.54 Å². The van der Waals surface area contributed by atoms with Gasteiger partial charge in [-0.3, -0.25) is 0 Å². The molecule has 0 radical (unpaired) electrons. The van der Waals surface area contributed by atoms with Crippen molar-refractivity contribution in [1.29, 1.82) is 0 Å². The topological polar surface area (TPSA) is 7.12 Å². The van der Waals surface area contributed by atoms with E-state index in [0.29, 0.717) is 6.04 Å². The van der Waals surface area contributed by atoms with Crippen molar-refractivity contribution in [3.8, 4) is 0 Å². The first-order chi connectivity index (χ1) is 14.0. The minimum atomic E-state index is 0.615. The molecule has 3 heteroatoms. The van der Waals surface area contributed by atoms with E-state index in [1.165, 1.54) is 58.2 Å². The average Bonchev–Trinajstić information content (AvgIpc) is 3.41. The van der Waals surface area contributed by atoms with Gasteiger partial charge >= 0.3 is 0 Å². The lowest BCUT2D eigenvalue weighted by atomic mass is 9.83. The van der Waals surface area contributed by atoms with E-state index in [4.69, 9.17) is 0 Å². The summed E-state index contributed by atoms with van der Waals surface area (Å²) in [5.41, 5.74) is 5.46. The van der Waals surface area contributed by atoms with Crippen LogP contribution in [0.5, 0.6) is 0 Å². The monoisotopic (exact) mass is 405 g/mol. The predicted octanol–water partition coefficient (Wildman–Crippen LogP) is 6.52. The van der Waals surface area contributed by atoms with E-state index in [2.05, 4.69) is 79.6 Å². The van der Waals surface area contributed by atoms with Crippen LogP contribution in [0.25, 0.3) is 6.08 Å². The maximum atomic E-state index is 2.61. The Balaban J connectivity index is 1.44. The molecule has 1 aromatic heterocycles. The fourth-order valence-corrected chi connectivity index (χ4v) is 7.56.